The van der Waals surface area contributed by atoms with Crippen molar-refractivity contribution in [2.24, 2.45) is 7.05 Å². The SMILES string of the molecule is Cc1nnc(Sc2ccc(C#N)c(C(F)(F)F)c2)n1C. The van der Waals surface area contributed by atoms with Crippen LogP contribution in [-0.2, 0) is 13.2 Å². The molecule has 2 aromatic rings. The van der Waals surface area contributed by atoms with E-state index in [4.69, 9.17) is 5.26 Å². The zero-order valence-corrected chi connectivity index (χ0v) is 11.4. The minimum atomic E-state index is -4.56. The van der Waals surface area contributed by atoms with Crippen LogP contribution in [0.2, 0.25) is 0 Å². The lowest BCUT2D eigenvalue weighted by atomic mass is 10.1. The van der Waals surface area contributed by atoms with Crippen molar-refractivity contribution < 1.29 is 13.2 Å². The summed E-state index contributed by atoms with van der Waals surface area (Å²) in [5.74, 6) is 0.664. The molecule has 0 radical (unpaired) electrons. The smallest absolute Gasteiger partial charge is 0.309 e. The summed E-state index contributed by atoms with van der Waals surface area (Å²) in [5, 5.41) is 16.9. The van der Waals surface area contributed by atoms with Gasteiger partial charge in [-0.15, -0.1) is 10.2 Å². The summed E-state index contributed by atoms with van der Waals surface area (Å²) < 4.78 is 40.2. The number of nitriles is 1. The van der Waals surface area contributed by atoms with Crippen LogP contribution in [0.3, 0.4) is 0 Å². The van der Waals surface area contributed by atoms with Crippen molar-refractivity contribution in [2.75, 3.05) is 0 Å². The zero-order chi connectivity index (χ0) is 14.9. The van der Waals surface area contributed by atoms with E-state index in [1.165, 1.54) is 6.07 Å². The Morgan fingerprint density at radius 1 is 1.30 bits per heavy atom. The molecule has 1 aromatic carbocycles. The molecule has 1 heterocycles. The molecule has 20 heavy (non-hydrogen) atoms. The Morgan fingerprint density at radius 3 is 2.50 bits per heavy atom. The summed E-state index contributed by atoms with van der Waals surface area (Å²) in [5.41, 5.74) is -1.33. The van der Waals surface area contributed by atoms with Crippen LogP contribution in [-0.4, -0.2) is 14.8 Å². The third kappa shape index (κ3) is 2.77. The maximum absolute atomic E-state index is 12.8. The number of halogens is 3. The quantitative estimate of drug-likeness (QED) is 0.854. The molecule has 0 atom stereocenters. The molecule has 4 nitrogen and oxygen atoms in total. The number of hydrogen-bond acceptors (Lipinski definition) is 4. The molecule has 0 spiro atoms. The standard InChI is InChI=1S/C12H9F3N4S/c1-7-17-18-11(19(7)2)20-9-4-3-8(6-16)10(5-9)12(13,14)15/h3-5H,1-2H3. The van der Waals surface area contributed by atoms with E-state index in [1.807, 2.05) is 0 Å². The van der Waals surface area contributed by atoms with Gasteiger partial charge in [0.25, 0.3) is 0 Å². The highest BCUT2D eigenvalue weighted by molar-refractivity contribution is 7.99. The predicted octanol–water partition coefficient (Wildman–Crippen LogP) is 3.17. The lowest BCUT2D eigenvalue weighted by molar-refractivity contribution is -0.137. The second-order valence-electron chi connectivity index (χ2n) is 4.01. The molecule has 2 rings (SSSR count). The Balaban J connectivity index is 2.40. The molecular formula is C12H9F3N4S. The number of nitrogens with zero attached hydrogens (tertiary/aromatic N) is 4. The highest BCUT2D eigenvalue weighted by Gasteiger charge is 2.34. The second kappa shape index (κ2) is 5.17. The number of rotatable bonds is 2. The minimum absolute atomic E-state index is 0.354. The van der Waals surface area contributed by atoms with Crippen LogP contribution in [0.15, 0.2) is 28.3 Å². The lowest BCUT2D eigenvalue weighted by Crippen LogP contribution is -2.07. The molecule has 0 aliphatic rings. The van der Waals surface area contributed by atoms with Gasteiger partial charge in [0.05, 0.1) is 17.2 Å². The molecule has 0 unspecified atom stereocenters. The Morgan fingerprint density at radius 2 is 2.00 bits per heavy atom. The highest BCUT2D eigenvalue weighted by Crippen LogP contribution is 2.36. The summed E-state index contributed by atoms with van der Waals surface area (Å²) >= 11 is 1.06. The maximum atomic E-state index is 12.8. The third-order valence-corrected chi connectivity index (χ3v) is 3.71. The van der Waals surface area contributed by atoms with E-state index in [0.717, 1.165) is 23.9 Å². The summed E-state index contributed by atoms with van der Waals surface area (Å²) in [7, 11) is 1.73. The molecular weight excluding hydrogens is 289 g/mol. The van der Waals surface area contributed by atoms with Gasteiger partial charge in [-0.25, -0.2) is 0 Å². The predicted molar refractivity (Wildman–Crippen MR) is 66.0 cm³/mol. The number of alkyl halides is 3. The van der Waals surface area contributed by atoms with Crippen molar-refractivity contribution in [3.63, 3.8) is 0 Å². The van der Waals surface area contributed by atoms with Crippen LogP contribution in [0, 0.1) is 18.3 Å². The molecule has 0 saturated carbocycles. The molecule has 0 amide bonds. The summed E-state index contributed by atoms with van der Waals surface area (Å²) in [4.78, 5) is 0.354. The Labute approximate surface area is 117 Å². The summed E-state index contributed by atoms with van der Waals surface area (Å²) in [6.07, 6.45) is -4.56. The molecule has 0 fully saturated rings. The zero-order valence-electron chi connectivity index (χ0n) is 10.6. The first-order valence-corrected chi connectivity index (χ1v) is 6.29. The fourth-order valence-electron chi connectivity index (χ4n) is 1.50. The van der Waals surface area contributed by atoms with E-state index >= 15 is 0 Å². The Hall–Kier alpha value is -2.01. The van der Waals surface area contributed by atoms with Crippen molar-refractivity contribution in [3.05, 3.63) is 35.2 Å². The number of hydrogen-bond donors (Lipinski definition) is 0. The van der Waals surface area contributed by atoms with Crippen molar-refractivity contribution in [3.8, 4) is 6.07 Å². The van der Waals surface area contributed by atoms with Crippen LogP contribution >= 0.6 is 11.8 Å². The van der Waals surface area contributed by atoms with E-state index in [1.54, 1.807) is 24.6 Å². The van der Waals surface area contributed by atoms with Crippen LogP contribution in [0.1, 0.15) is 17.0 Å². The fraction of sp³-hybridized carbons (Fsp3) is 0.250. The van der Waals surface area contributed by atoms with Gasteiger partial charge in [-0.05, 0) is 36.9 Å². The second-order valence-corrected chi connectivity index (χ2v) is 5.05. The molecule has 104 valence electrons. The minimum Gasteiger partial charge on any atom is -0.309 e. The first-order chi connectivity index (χ1) is 9.32. The molecule has 0 N–H and O–H groups in total. The summed E-state index contributed by atoms with van der Waals surface area (Å²) in [6.45, 7) is 1.75. The van der Waals surface area contributed by atoms with Gasteiger partial charge < -0.3 is 4.57 Å². The number of aryl methyl sites for hydroxylation is 1. The normalized spacial score (nSPS) is 11.4. The van der Waals surface area contributed by atoms with Crippen LogP contribution in [0.5, 0.6) is 0 Å². The van der Waals surface area contributed by atoms with E-state index in [9.17, 15) is 13.2 Å². The first kappa shape index (κ1) is 14.4. The number of benzene rings is 1. The van der Waals surface area contributed by atoms with Crippen molar-refractivity contribution in [1.82, 2.24) is 14.8 Å². The lowest BCUT2D eigenvalue weighted by Gasteiger charge is -2.10. The van der Waals surface area contributed by atoms with Crippen LogP contribution in [0.4, 0.5) is 13.2 Å². The van der Waals surface area contributed by atoms with Crippen molar-refractivity contribution >= 4 is 11.8 Å². The Bertz CT molecular complexity index is 685. The molecule has 0 bridgehead atoms. The molecule has 8 heteroatoms. The van der Waals surface area contributed by atoms with Crippen LogP contribution in [0.25, 0.3) is 0 Å². The van der Waals surface area contributed by atoms with E-state index < -0.39 is 17.3 Å². The van der Waals surface area contributed by atoms with Gasteiger partial charge >= 0.3 is 6.18 Å². The summed E-state index contributed by atoms with van der Waals surface area (Å²) in [6, 6.07) is 5.12. The average Bonchev–Trinajstić information content (AvgIpc) is 2.70. The van der Waals surface area contributed by atoms with Gasteiger partial charge in [0.2, 0.25) is 0 Å². The fourth-order valence-corrected chi connectivity index (χ4v) is 2.38. The van der Waals surface area contributed by atoms with E-state index in [2.05, 4.69) is 10.2 Å². The molecule has 0 saturated heterocycles. The molecule has 0 aliphatic heterocycles. The van der Waals surface area contributed by atoms with Crippen molar-refractivity contribution in [2.45, 2.75) is 23.2 Å². The van der Waals surface area contributed by atoms with Crippen molar-refractivity contribution in [1.29, 1.82) is 5.26 Å². The highest BCUT2D eigenvalue weighted by atomic mass is 32.2. The van der Waals surface area contributed by atoms with Gasteiger partial charge in [0, 0.05) is 11.9 Å². The van der Waals surface area contributed by atoms with E-state index in [0.29, 0.717) is 15.9 Å². The van der Waals surface area contributed by atoms with Gasteiger partial charge in [-0.2, -0.15) is 18.4 Å². The average molecular weight is 298 g/mol. The number of aromatic nitrogens is 3. The van der Waals surface area contributed by atoms with Gasteiger partial charge in [0.15, 0.2) is 5.16 Å². The Kier molecular flexibility index (Phi) is 3.72. The maximum Gasteiger partial charge on any atom is 0.417 e. The largest absolute Gasteiger partial charge is 0.417 e. The third-order valence-electron chi connectivity index (χ3n) is 2.68. The molecule has 1 aromatic heterocycles. The van der Waals surface area contributed by atoms with Gasteiger partial charge in [-0.1, -0.05) is 0 Å². The monoisotopic (exact) mass is 298 g/mol. The van der Waals surface area contributed by atoms with Gasteiger partial charge in [0.1, 0.15) is 5.82 Å². The first-order valence-electron chi connectivity index (χ1n) is 5.48. The van der Waals surface area contributed by atoms with Crippen LogP contribution < -0.4 is 0 Å². The van der Waals surface area contributed by atoms with Gasteiger partial charge in [-0.3, -0.25) is 0 Å². The topological polar surface area (TPSA) is 54.5 Å². The van der Waals surface area contributed by atoms with E-state index in [-0.39, 0.29) is 0 Å². The molecule has 0 aliphatic carbocycles.